The van der Waals surface area contributed by atoms with E-state index in [1.807, 2.05) is 10.9 Å². The minimum Gasteiger partial charge on any atom is -0.490 e. The predicted molar refractivity (Wildman–Crippen MR) is 57.5 cm³/mol. The summed E-state index contributed by atoms with van der Waals surface area (Å²) in [6.07, 6.45) is 6.09. The lowest BCUT2D eigenvalue weighted by Crippen LogP contribution is -2.09. The molecule has 3 nitrogen and oxygen atoms in total. The zero-order valence-corrected chi connectivity index (χ0v) is 9.36. The van der Waals surface area contributed by atoms with Crippen LogP contribution in [0.1, 0.15) is 33.6 Å². The van der Waals surface area contributed by atoms with E-state index in [9.17, 15) is 0 Å². The molecule has 1 rings (SSSR count). The minimum absolute atomic E-state index is 0.667. The molecule has 14 heavy (non-hydrogen) atoms. The van der Waals surface area contributed by atoms with E-state index in [-0.39, 0.29) is 0 Å². The first-order chi connectivity index (χ1) is 6.80. The highest BCUT2D eigenvalue weighted by Gasteiger charge is 2.05. The highest BCUT2D eigenvalue weighted by atomic mass is 16.5. The molecule has 0 aliphatic carbocycles. The maximum absolute atomic E-state index is 5.65. The number of rotatable bonds is 6. The highest BCUT2D eigenvalue weighted by Crippen LogP contribution is 2.13. The molecule has 80 valence electrons. The van der Waals surface area contributed by atoms with Crippen molar-refractivity contribution >= 4 is 0 Å². The van der Waals surface area contributed by atoms with Crippen LogP contribution in [0.25, 0.3) is 0 Å². The number of hydrogen-bond acceptors (Lipinski definition) is 2. The van der Waals surface area contributed by atoms with E-state index in [1.54, 1.807) is 6.20 Å². The average molecular weight is 196 g/mol. The summed E-state index contributed by atoms with van der Waals surface area (Å²) in [5.41, 5.74) is 0. The van der Waals surface area contributed by atoms with Gasteiger partial charge in [0.2, 0.25) is 0 Å². The largest absolute Gasteiger partial charge is 0.490 e. The maximum atomic E-state index is 5.65. The van der Waals surface area contributed by atoms with Crippen molar-refractivity contribution in [3.63, 3.8) is 0 Å². The molecule has 0 radical (unpaired) electrons. The van der Waals surface area contributed by atoms with E-state index in [2.05, 4.69) is 25.9 Å². The van der Waals surface area contributed by atoms with Crippen LogP contribution < -0.4 is 4.74 Å². The zero-order chi connectivity index (χ0) is 10.4. The van der Waals surface area contributed by atoms with Gasteiger partial charge in [0.15, 0.2) is 5.75 Å². The third-order valence-electron chi connectivity index (χ3n) is 2.57. The fourth-order valence-electron chi connectivity index (χ4n) is 1.33. The first-order valence-corrected chi connectivity index (χ1v) is 5.45. The van der Waals surface area contributed by atoms with E-state index in [4.69, 9.17) is 4.74 Å². The van der Waals surface area contributed by atoms with Gasteiger partial charge < -0.3 is 4.74 Å². The van der Waals surface area contributed by atoms with Gasteiger partial charge >= 0.3 is 0 Å². The van der Waals surface area contributed by atoms with Crippen LogP contribution >= 0.6 is 0 Å². The molecule has 0 unspecified atom stereocenters. The van der Waals surface area contributed by atoms with Crippen LogP contribution in [0.3, 0.4) is 0 Å². The molecule has 0 fully saturated rings. The molecule has 0 saturated carbocycles. The number of ether oxygens (including phenoxy) is 1. The van der Waals surface area contributed by atoms with E-state index >= 15 is 0 Å². The molecule has 0 aliphatic rings. The Hall–Kier alpha value is -0.990. The fourth-order valence-corrected chi connectivity index (χ4v) is 1.33. The standard InChI is InChI=1S/C11H20N2O/c1-4-10(5-2)9-14-11-7-12-13(6-3)8-11/h7-8,10H,4-6,9H2,1-3H3. The summed E-state index contributed by atoms with van der Waals surface area (Å²) in [5, 5.41) is 4.16. The Morgan fingerprint density at radius 3 is 2.57 bits per heavy atom. The van der Waals surface area contributed by atoms with Crippen LogP contribution in [-0.2, 0) is 6.54 Å². The van der Waals surface area contributed by atoms with E-state index < -0.39 is 0 Å². The smallest absolute Gasteiger partial charge is 0.157 e. The first-order valence-electron chi connectivity index (χ1n) is 5.45. The van der Waals surface area contributed by atoms with Crippen molar-refractivity contribution in [2.45, 2.75) is 40.2 Å². The van der Waals surface area contributed by atoms with Crippen LogP contribution in [-0.4, -0.2) is 16.4 Å². The van der Waals surface area contributed by atoms with Crippen LogP contribution in [0.5, 0.6) is 5.75 Å². The SMILES string of the molecule is CCC(CC)COc1cnn(CC)c1. The second-order valence-electron chi connectivity index (χ2n) is 3.53. The Morgan fingerprint density at radius 1 is 1.36 bits per heavy atom. The average Bonchev–Trinajstić information content (AvgIpc) is 2.67. The number of aryl methyl sites for hydroxylation is 1. The Bertz CT molecular complexity index is 254. The summed E-state index contributed by atoms with van der Waals surface area (Å²) in [6.45, 7) is 8.18. The summed E-state index contributed by atoms with van der Waals surface area (Å²) in [4.78, 5) is 0. The van der Waals surface area contributed by atoms with Gasteiger partial charge in [-0.25, -0.2) is 0 Å². The van der Waals surface area contributed by atoms with Crippen LogP contribution in [0, 0.1) is 5.92 Å². The van der Waals surface area contributed by atoms with Gasteiger partial charge in [-0.3, -0.25) is 4.68 Å². The van der Waals surface area contributed by atoms with Crippen molar-refractivity contribution < 1.29 is 4.74 Å². The second-order valence-corrected chi connectivity index (χ2v) is 3.53. The first kappa shape index (κ1) is 11.1. The summed E-state index contributed by atoms with van der Waals surface area (Å²) in [5.74, 6) is 1.55. The third kappa shape index (κ3) is 3.05. The molecule has 1 aromatic rings. The summed E-state index contributed by atoms with van der Waals surface area (Å²) in [7, 11) is 0. The molecule has 1 heterocycles. The molecule has 0 spiro atoms. The molecule has 1 aromatic heterocycles. The molecule has 3 heteroatoms. The van der Waals surface area contributed by atoms with E-state index in [0.29, 0.717) is 5.92 Å². The number of hydrogen-bond donors (Lipinski definition) is 0. The lowest BCUT2D eigenvalue weighted by atomic mass is 10.1. The minimum atomic E-state index is 0.667. The van der Waals surface area contributed by atoms with Crippen LogP contribution in [0.2, 0.25) is 0 Å². The lowest BCUT2D eigenvalue weighted by Gasteiger charge is -2.11. The summed E-state index contributed by atoms with van der Waals surface area (Å²) >= 11 is 0. The number of aromatic nitrogens is 2. The quantitative estimate of drug-likeness (QED) is 0.699. The molecule has 0 amide bonds. The van der Waals surface area contributed by atoms with Gasteiger partial charge in [0.25, 0.3) is 0 Å². The van der Waals surface area contributed by atoms with Crippen molar-refractivity contribution in [2.24, 2.45) is 5.92 Å². The van der Waals surface area contributed by atoms with Crippen LogP contribution in [0.4, 0.5) is 0 Å². The monoisotopic (exact) mass is 196 g/mol. The van der Waals surface area contributed by atoms with Gasteiger partial charge in [0.1, 0.15) is 0 Å². The molecule has 0 atom stereocenters. The molecule has 0 aliphatic heterocycles. The topological polar surface area (TPSA) is 27.1 Å². The van der Waals surface area contributed by atoms with Gasteiger partial charge in [-0.2, -0.15) is 5.10 Å². The highest BCUT2D eigenvalue weighted by molar-refractivity contribution is 5.11. The lowest BCUT2D eigenvalue weighted by molar-refractivity contribution is 0.240. The maximum Gasteiger partial charge on any atom is 0.157 e. The van der Waals surface area contributed by atoms with E-state index in [0.717, 1.165) is 18.9 Å². The third-order valence-corrected chi connectivity index (χ3v) is 2.57. The Morgan fingerprint density at radius 2 is 2.07 bits per heavy atom. The van der Waals surface area contributed by atoms with Gasteiger partial charge in [0.05, 0.1) is 19.0 Å². The summed E-state index contributed by atoms with van der Waals surface area (Å²) < 4.78 is 7.53. The van der Waals surface area contributed by atoms with Crippen molar-refractivity contribution in [2.75, 3.05) is 6.61 Å². The zero-order valence-electron chi connectivity index (χ0n) is 9.36. The van der Waals surface area contributed by atoms with Gasteiger partial charge in [-0.15, -0.1) is 0 Å². The molecular formula is C11H20N2O. The molecule has 0 saturated heterocycles. The Labute approximate surface area is 86.1 Å². The predicted octanol–water partition coefficient (Wildman–Crippen LogP) is 2.72. The Balaban J connectivity index is 2.37. The van der Waals surface area contributed by atoms with Crippen molar-refractivity contribution in [1.82, 2.24) is 9.78 Å². The molecule has 0 bridgehead atoms. The van der Waals surface area contributed by atoms with Crippen LogP contribution in [0.15, 0.2) is 12.4 Å². The molecular weight excluding hydrogens is 176 g/mol. The summed E-state index contributed by atoms with van der Waals surface area (Å²) in [6, 6.07) is 0. The van der Waals surface area contributed by atoms with Crippen molar-refractivity contribution in [3.8, 4) is 5.75 Å². The number of nitrogens with zero attached hydrogens (tertiary/aromatic N) is 2. The van der Waals surface area contributed by atoms with Gasteiger partial charge in [-0.05, 0) is 12.8 Å². The van der Waals surface area contributed by atoms with Gasteiger partial charge in [-0.1, -0.05) is 26.7 Å². The second kappa shape index (κ2) is 5.68. The molecule has 0 N–H and O–H groups in total. The van der Waals surface area contributed by atoms with Gasteiger partial charge in [0, 0.05) is 6.54 Å². The molecule has 0 aromatic carbocycles. The Kier molecular flexibility index (Phi) is 4.50. The fraction of sp³-hybridized carbons (Fsp3) is 0.727. The van der Waals surface area contributed by atoms with Crippen molar-refractivity contribution in [1.29, 1.82) is 0 Å². The van der Waals surface area contributed by atoms with E-state index in [1.165, 1.54) is 12.8 Å². The normalized spacial score (nSPS) is 10.9. The van der Waals surface area contributed by atoms with Crippen molar-refractivity contribution in [3.05, 3.63) is 12.4 Å².